The summed E-state index contributed by atoms with van der Waals surface area (Å²) in [7, 11) is 2.11. The quantitative estimate of drug-likeness (QED) is 0.506. The van der Waals surface area contributed by atoms with E-state index in [1.165, 1.54) is 82.7 Å². The largest absolute Gasteiger partial charge is 0.391 e. The van der Waals surface area contributed by atoms with E-state index in [1.54, 1.807) is 0 Å². The highest BCUT2D eigenvalue weighted by Gasteiger charge is 2.65. The van der Waals surface area contributed by atoms with Crippen molar-refractivity contribution in [2.45, 2.75) is 105 Å². The normalized spacial score (nSPS) is 53.2. The fraction of sp³-hybridized carbons (Fsp3) is 0.929. The SMILES string of the molecule is C=C(NC)C12CCCC1C1CCC3C(C)(CCC4C(C)(C)CCCC43C)C1CC2. The number of hydrogen-bond acceptors (Lipinski definition) is 1. The second-order valence-corrected chi connectivity index (χ2v) is 13.3. The molecule has 0 amide bonds. The minimum absolute atomic E-state index is 0.424. The van der Waals surface area contributed by atoms with Gasteiger partial charge in [-0.15, -0.1) is 0 Å². The molecule has 29 heavy (non-hydrogen) atoms. The lowest BCUT2D eigenvalue weighted by Crippen LogP contribution is -2.61. The Balaban J connectivity index is 1.48. The van der Waals surface area contributed by atoms with E-state index in [-0.39, 0.29) is 0 Å². The topological polar surface area (TPSA) is 12.0 Å². The first-order valence-corrected chi connectivity index (χ1v) is 13.1. The molecule has 164 valence electrons. The molecule has 1 N–H and O–H groups in total. The fourth-order valence-corrected chi connectivity index (χ4v) is 11.1. The Labute approximate surface area is 180 Å². The van der Waals surface area contributed by atoms with Gasteiger partial charge in [0.05, 0.1) is 0 Å². The lowest BCUT2D eigenvalue weighted by Gasteiger charge is -2.68. The summed E-state index contributed by atoms with van der Waals surface area (Å²) in [5.74, 6) is 4.78. The first-order valence-electron chi connectivity index (χ1n) is 13.1. The van der Waals surface area contributed by atoms with Crippen molar-refractivity contribution in [3.8, 4) is 0 Å². The zero-order chi connectivity index (χ0) is 20.7. The number of rotatable bonds is 2. The Bertz CT molecular complexity index is 678. The molecule has 0 spiro atoms. The molecule has 1 heteroatoms. The van der Waals surface area contributed by atoms with Crippen LogP contribution in [0.2, 0.25) is 0 Å². The third-order valence-electron chi connectivity index (χ3n) is 12.2. The van der Waals surface area contributed by atoms with E-state index in [4.69, 9.17) is 0 Å². The summed E-state index contributed by atoms with van der Waals surface area (Å²) in [5, 5.41) is 3.52. The molecule has 0 aromatic carbocycles. The van der Waals surface area contributed by atoms with Gasteiger partial charge in [-0.2, -0.15) is 0 Å². The minimum atomic E-state index is 0.424. The first-order chi connectivity index (χ1) is 13.7. The molecule has 0 radical (unpaired) electrons. The molecule has 5 fully saturated rings. The van der Waals surface area contributed by atoms with E-state index in [0.29, 0.717) is 21.7 Å². The lowest BCUT2D eigenvalue weighted by molar-refractivity contribution is -0.193. The van der Waals surface area contributed by atoms with E-state index in [9.17, 15) is 0 Å². The summed E-state index contributed by atoms with van der Waals surface area (Å²) in [4.78, 5) is 0. The molecule has 8 unspecified atom stereocenters. The zero-order valence-corrected chi connectivity index (χ0v) is 20.1. The van der Waals surface area contributed by atoms with Crippen LogP contribution in [0.5, 0.6) is 0 Å². The monoisotopic (exact) mass is 397 g/mol. The molecule has 0 aromatic heterocycles. The Morgan fingerprint density at radius 3 is 2.28 bits per heavy atom. The molecular formula is C28H47N. The lowest BCUT2D eigenvalue weighted by atomic mass is 9.36. The van der Waals surface area contributed by atoms with Gasteiger partial charge in [0.15, 0.2) is 0 Å². The van der Waals surface area contributed by atoms with Gasteiger partial charge in [-0.1, -0.05) is 47.1 Å². The second kappa shape index (κ2) is 6.52. The average molecular weight is 398 g/mol. The van der Waals surface area contributed by atoms with Gasteiger partial charge in [-0.3, -0.25) is 0 Å². The molecule has 5 aliphatic rings. The molecule has 0 bridgehead atoms. The van der Waals surface area contributed by atoms with Gasteiger partial charge in [0.25, 0.3) is 0 Å². The molecule has 0 aromatic rings. The highest BCUT2D eigenvalue weighted by molar-refractivity contribution is 5.20. The minimum Gasteiger partial charge on any atom is -0.391 e. The third kappa shape index (κ3) is 2.57. The average Bonchev–Trinajstić information content (AvgIpc) is 3.12. The molecule has 5 aliphatic carbocycles. The van der Waals surface area contributed by atoms with Gasteiger partial charge >= 0.3 is 0 Å². The fourth-order valence-electron chi connectivity index (χ4n) is 11.1. The van der Waals surface area contributed by atoms with Crippen molar-refractivity contribution in [1.29, 1.82) is 0 Å². The molecule has 0 heterocycles. The number of nitrogens with one attached hydrogen (secondary N) is 1. The van der Waals surface area contributed by atoms with Crippen LogP contribution >= 0.6 is 0 Å². The summed E-state index contributed by atoms with van der Waals surface area (Å²) in [5.41, 5.74) is 3.54. The molecule has 8 atom stereocenters. The van der Waals surface area contributed by atoms with Crippen LogP contribution in [-0.4, -0.2) is 7.05 Å². The highest BCUT2D eigenvalue weighted by atomic mass is 14.9. The second-order valence-electron chi connectivity index (χ2n) is 13.3. The predicted octanol–water partition coefficient (Wildman–Crippen LogP) is 7.57. The molecule has 0 saturated heterocycles. The van der Waals surface area contributed by atoms with Crippen molar-refractivity contribution in [2.75, 3.05) is 7.05 Å². The summed E-state index contributed by atoms with van der Waals surface area (Å²) in [6.45, 7) is 15.2. The van der Waals surface area contributed by atoms with E-state index in [1.807, 2.05) is 0 Å². The van der Waals surface area contributed by atoms with Crippen molar-refractivity contribution >= 4 is 0 Å². The number of fused-ring (bicyclic) bond motifs is 7. The molecule has 5 rings (SSSR count). The summed E-state index contributed by atoms with van der Waals surface area (Å²) in [6.07, 6.45) is 17.6. The highest BCUT2D eigenvalue weighted by Crippen LogP contribution is 2.73. The maximum Gasteiger partial charge on any atom is 0.0126 e. The molecule has 1 nitrogen and oxygen atoms in total. The number of hydrogen-bond donors (Lipinski definition) is 1. The Kier molecular flexibility index (Phi) is 4.60. The number of allylic oxidation sites excluding steroid dienone is 1. The Morgan fingerprint density at radius 2 is 1.52 bits per heavy atom. The van der Waals surface area contributed by atoms with E-state index >= 15 is 0 Å². The van der Waals surface area contributed by atoms with Crippen LogP contribution < -0.4 is 5.32 Å². The van der Waals surface area contributed by atoms with Crippen molar-refractivity contribution in [3.63, 3.8) is 0 Å². The molecule has 0 aliphatic heterocycles. The van der Waals surface area contributed by atoms with Crippen LogP contribution in [0.4, 0.5) is 0 Å². The first kappa shape index (κ1) is 20.4. The van der Waals surface area contributed by atoms with Crippen LogP contribution in [-0.2, 0) is 0 Å². The van der Waals surface area contributed by atoms with Gasteiger partial charge in [0.1, 0.15) is 0 Å². The summed E-state index contributed by atoms with van der Waals surface area (Å²) in [6, 6.07) is 0. The van der Waals surface area contributed by atoms with Crippen molar-refractivity contribution in [1.82, 2.24) is 5.32 Å². The van der Waals surface area contributed by atoms with Crippen LogP contribution in [0.15, 0.2) is 12.3 Å². The Morgan fingerprint density at radius 1 is 0.724 bits per heavy atom. The maximum absolute atomic E-state index is 4.54. The molecular weight excluding hydrogens is 350 g/mol. The smallest absolute Gasteiger partial charge is 0.0126 e. The van der Waals surface area contributed by atoms with E-state index < -0.39 is 0 Å². The van der Waals surface area contributed by atoms with Crippen LogP contribution in [0.1, 0.15) is 105 Å². The Hall–Kier alpha value is -0.460. The van der Waals surface area contributed by atoms with Gasteiger partial charge in [-0.05, 0) is 110 Å². The summed E-state index contributed by atoms with van der Waals surface area (Å²) < 4.78 is 0. The summed E-state index contributed by atoms with van der Waals surface area (Å²) >= 11 is 0. The van der Waals surface area contributed by atoms with Crippen molar-refractivity contribution in [3.05, 3.63) is 12.3 Å². The maximum atomic E-state index is 4.54. The van der Waals surface area contributed by atoms with Crippen molar-refractivity contribution in [2.24, 2.45) is 51.2 Å². The van der Waals surface area contributed by atoms with Crippen LogP contribution in [0, 0.1) is 51.2 Å². The van der Waals surface area contributed by atoms with Gasteiger partial charge in [0, 0.05) is 18.2 Å². The van der Waals surface area contributed by atoms with Crippen molar-refractivity contribution < 1.29 is 0 Å². The standard InChI is InChI=1S/C28H47N/c1-19(29-6)28-16-7-9-22(28)20-10-11-24-26(4,21(20)12-18-28)17-13-23-25(2,3)14-8-15-27(23,24)5/h20-24,29H,1,7-18H2,2-6H3. The van der Waals surface area contributed by atoms with Crippen LogP contribution in [0.3, 0.4) is 0 Å². The third-order valence-corrected chi connectivity index (χ3v) is 12.2. The van der Waals surface area contributed by atoms with E-state index in [2.05, 4.69) is 46.6 Å². The molecule has 5 saturated carbocycles. The van der Waals surface area contributed by atoms with Gasteiger partial charge in [0.2, 0.25) is 0 Å². The van der Waals surface area contributed by atoms with Gasteiger partial charge < -0.3 is 5.32 Å². The van der Waals surface area contributed by atoms with E-state index in [0.717, 1.165) is 29.6 Å². The van der Waals surface area contributed by atoms with Gasteiger partial charge in [-0.25, -0.2) is 0 Å². The zero-order valence-electron chi connectivity index (χ0n) is 20.1. The van der Waals surface area contributed by atoms with Crippen LogP contribution in [0.25, 0.3) is 0 Å². The predicted molar refractivity (Wildman–Crippen MR) is 123 cm³/mol.